The Hall–Kier alpha value is -0.940. The number of amides is 1. The van der Waals surface area contributed by atoms with Gasteiger partial charge >= 0.3 is 0 Å². The van der Waals surface area contributed by atoms with Gasteiger partial charge in [0.25, 0.3) is 0 Å². The van der Waals surface area contributed by atoms with Crippen molar-refractivity contribution in [1.29, 1.82) is 0 Å². The second kappa shape index (κ2) is 3.67. The van der Waals surface area contributed by atoms with E-state index in [2.05, 4.69) is 21.1 Å². The SMILES string of the molecule is CC(=O)N(Br)c1nc2ccccc2s1. The molecular formula is C9H7BrN2OS. The summed E-state index contributed by atoms with van der Waals surface area (Å²) in [4.78, 5) is 15.4. The maximum Gasteiger partial charge on any atom is 0.235 e. The van der Waals surface area contributed by atoms with E-state index in [9.17, 15) is 4.79 Å². The highest BCUT2D eigenvalue weighted by molar-refractivity contribution is 9.10. The largest absolute Gasteiger partial charge is 0.274 e. The van der Waals surface area contributed by atoms with Crippen LogP contribution in [0.1, 0.15) is 6.92 Å². The quantitative estimate of drug-likeness (QED) is 0.747. The van der Waals surface area contributed by atoms with Crippen LogP contribution in [0.4, 0.5) is 5.13 Å². The molecule has 0 aliphatic rings. The molecule has 0 atom stereocenters. The predicted octanol–water partition coefficient (Wildman–Crippen LogP) is 2.96. The van der Waals surface area contributed by atoms with E-state index in [0.717, 1.165) is 10.2 Å². The first-order valence-corrected chi connectivity index (χ1v) is 5.53. The van der Waals surface area contributed by atoms with Gasteiger partial charge in [-0.05, 0) is 12.1 Å². The standard InChI is InChI=1S/C9H7BrN2OS/c1-6(13)12(10)9-11-7-4-2-3-5-8(7)14-9/h2-5H,1H3. The van der Waals surface area contributed by atoms with Crippen molar-refractivity contribution in [2.24, 2.45) is 0 Å². The molecule has 3 nitrogen and oxygen atoms in total. The average molecular weight is 271 g/mol. The Labute approximate surface area is 93.7 Å². The van der Waals surface area contributed by atoms with Gasteiger partial charge in [-0.15, -0.1) is 0 Å². The fourth-order valence-corrected chi connectivity index (χ4v) is 2.29. The third kappa shape index (κ3) is 1.65. The molecule has 2 aromatic rings. The number of aromatic nitrogens is 1. The monoisotopic (exact) mass is 270 g/mol. The molecule has 72 valence electrons. The minimum absolute atomic E-state index is 0.0796. The Bertz CT molecular complexity index is 449. The van der Waals surface area contributed by atoms with Crippen LogP contribution in [0.2, 0.25) is 0 Å². The molecule has 0 bridgehead atoms. The van der Waals surface area contributed by atoms with Gasteiger partial charge in [-0.3, -0.25) is 4.79 Å². The van der Waals surface area contributed by atoms with Gasteiger partial charge in [0.05, 0.1) is 26.4 Å². The van der Waals surface area contributed by atoms with Crippen LogP contribution in [0.25, 0.3) is 10.2 Å². The molecule has 14 heavy (non-hydrogen) atoms. The molecule has 0 aliphatic carbocycles. The Morgan fingerprint density at radius 1 is 1.50 bits per heavy atom. The van der Waals surface area contributed by atoms with Crippen LogP contribution < -0.4 is 3.93 Å². The molecule has 0 radical (unpaired) electrons. The second-order valence-electron chi connectivity index (χ2n) is 2.76. The molecule has 1 heterocycles. The molecule has 0 saturated carbocycles. The predicted molar refractivity (Wildman–Crippen MR) is 61.7 cm³/mol. The number of fused-ring (bicyclic) bond motifs is 1. The Balaban J connectivity index is 2.50. The topological polar surface area (TPSA) is 33.2 Å². The number of carbonyl (C=O) groups excluding carboxylic acids is 1. The number of carbonyl (C=O) groups is 1. The van der Waals surface area contributed by atoms with Crippen LogP contribution >= 0.6 is 27.5 Å². The van der Waals surface area contributed by atoms with Crippen molar-refractivity contribution < 1.29 is 4.79 Å². The first kappa shape index (κ1) is 9.61. The lowest BCUT2D eigenvalue weighted by molar-refractivity contribution is -0.115. The third-order valence-electron chi connectivity index (χ3n) is 1.73. The number of hydrogen-bond acceptors (Lipinski definition) is 3. The van der Waals surface area contributed by atoms with E-state index in [4.69, 9.17) is 0 Å². The molecule has 0 aliphatic heterocycles. The maximum absolute atomic E-state index is 11.1. The lowest BCUT2D eigenvalue weighted by Crippen LogP contribution is -2.15. The maximum atomic E-state index is 11.1. The van der Waals surface area contributed by atoms with Crippen molar-refractivity contribution in [3.63, 3.8) is 0 Å². The number of anilines is 1. The first-order valence-electron chi connectivity index (χ1n) is 4.00. The highest BCUT2D eigenvalue weighted by atomic mass is 79.9. The number of thiazole rings is 1. The number of halogens is 1. The van der Waals surface area contributed by atoms with E-state index < -0.39 is 0 Å². The summed E-state index contributed by atoms with van der Waals surface area (Å²) in [6, 6.07) is 7.79. The van der Waals surface area contributed by atoms with E-state index in [1.54, 1.807) is 0 Å². The molecule has 1 amide bonds. The highest BCUT2D eigenvalue weighted by Gasteiger charge is 2.12. The summed E-state index contributed by atoms with van der Waals surface area (Å²) in [6.07, 6.45) is 0. The normalized spacial score (nSPS) is 10.4. The first-order chi connectivity index (χ1) is 6.68. The van der Waals surface area contributed by atoms with Gasteiger partial charge in [0, 0.05) is 6.92 Å². The van der Waals surface area contributed by atoms with Crippen molar-refractivity contribution in [1.82, 2.24) is 4.98 Å². The van der Waals surface area contributed by atoms with Gasteiger partial charge in [-0.2, -0.15) is 0 Å². The van der Waals surface area contributed by atoms with Gasteiger partial charge in [-0.1, -0.05) is 23.5 Å². The Morgan fingerprint density at radius 3 is 2.86 bits per heavy atom. The zero-order valence-corrected chi connectivity index (χ0v) is 9.80. The average Bonchev–Trinajstić information content (AvgIpc) is 2.59. The Kier molecular flexibility index (Phi) is 2.52. The van der Waals surface area contributed by atoms with E-state index in [-0.39, 0.29) is 5.91 Å². The number of nitrogens with zero attached hydrogens (tertiary/aromatic N) is 2. The molecule has 1 aromatic carbocycles. The number of rotatable bonds is 1. The van der Waals surface area contributed by atoms with Crippen LogP contribution in [-0.4, -0.2) is 10.9 Å². The third-order valence-corrected chi connectivity index (χ3v) is 3.82. The second-order valence-corrected chi connectivity index (χ2v) is 4.48. The zero-order chi connectivity index (χ0) is 10.1. The van der Waals surface area contributed by atoms with Gasteiger partial charge in [0.2, 0.25) is 11.0 Å². The van der Waals surface area contributed by atoms with Crippen molar-refractivity contribution >= 4 is 48.7 Å². The van der Waals surface area contributed by atoms with Gasteiger partial charge in [0.1, 0.15) is 0 Å². The van der Waals surface area contributed by atoms with E-state index in [0.29, 0.717) is 5.13 Å². The van der Waals surface area contributed by atoms with Crippen LogP contribution in [0, 0.1) is 0 Å². The van der Waals surface area contributed by atoms with Gasteiger partial charge < -0.3 is 0 Å². The summed E-state index contributed by atoms with van der Waals surface area (Å²) in [5.41, 5.74) is 0.915. The van der Waals surface area contributed by atoms with Gasteiger partial charge in [-0.25, -0.2) is 8.91 Å². The fraction of sp³-hybridized carbons (Fsp3) is 0.111. The molecule has 0 spiro atoms. The number of para-hydroxylation sites is 1. The molecule has 0 unspecified atom stereocenters. The molecular weight excluding hydrogens is 264 g/mol. The lowest BCUT2D eigenvalue weighted by Gasteiger charge is -2.05. The minimum atomic E-state index is -0.0796. The summed E-state index contributed by atoms with van der Waals surface area (Å²) in [5.74, 6) is -0.0796. The molecule has 5 heteroatoms. The van der Waals surface area contributed by atoms with E-state index >= 15 is 0 Å². The summed E-state index contributed by atoms with van der Waals surface area (Å²) in [7, 11) is 0. The van der Waals surface area contributed by atoms with E-state index in [1.807, 2.05) is 24.3 Å². The summed E-state index contributed by atoms with van der Waals surface area (Å²) >= 11 is 4.64. The van der Waals surface area contributed by atoms with Crippen LogP contribution in [0.3, 0.4) is 0 Å². The zero-order valence-electron chi connectivity index (χ0n) is 7.40. The lowest BCUT2D eigenvalue weighted by atomic mass is 10.3. The summed E-state index contributed by atoms with van der Waals surface area (Å²) in [6.45, 7) is 1.49. The van der Waals surface area contributed by atoms with Crippen molar-refractivity contribution in [2.75, 3.05) is 3.93 Å². The van der Waals surface area contributed by atoms with Crippen LogP contribution in [0.5, 0.6) is 0 Å². The summed E-state index contributed by atoms with van der Waals surface area (Å²) < 4.78 is 2.45. The van der Waals surface area contributed by atoms with Crippen LogP contribution in [-0.2, 0) is 4.79 Å². The fourth-order valence-electron chi connectivity index (χ4n) is 1.08. The molecule has 0 saturated heterocycles. The molecule has 0 fully saturated rings. The molecule has 1 aromatic heterocycles. The number of benzene rings is 1. The minimum Gasteiger partial charge on any atom is -0.274 e. The highest BCUT2D eigenvalue weighted by Crippen LogP contribution is 2.29. The Morgan fingerprint density at radius 2 is 2.21 bits per heavy atom. The van der Waals surface area contributed by atoms with Crippen LogP contribution in [0.15, 0.2) is 24.3 Å². The summed E-state index contributed by atoms with van der Waals surface area (Å²) in [5, 5.41) is 0.665. The van der Waals surface area contributed by atoms with Gasteiger partial charge in [0.15, 0.2) is 0 Å². The van der Waals surface area contributed by atoms with Crippen molar-refractivity contribution in [2.45, 2.75) is 6.92 Å². The van der Waals surface area contributed by atoms with Crippen molar-refractivity contribution in [3.8, 4) is 0 Å². The molecule has 0 N–H and O–H groups in total. The smallest absolute Gasteiger partial charge is 0.235 e. The molecule has 2 rings (SSSR count). The van der Waals surface area contributed by atoms with E-state index in [1.165, 1.54) is 22.2 Å². The van der Waals surface area contributed by atoms with Crippen molar-refractivity contribution in [3.05, 3.63) is 24.3 Å². The number of hydrogen-bond donors (Lipinski definition) is 0.